The SMILES string of the molecule is C[C@@H](Sc1nc(/C=C/c2ccccc2)nc2ccccc12)C(=O)[O-]. The van der Waals surface area contributed by atoms with Crippen molar-refractivity contribution >= 4 is 40.8 Å². The largest absolute Gasteiger partial charge is 0.549 e. The van der Waals surface area contributed by atoms with Crippen molar-refractivity contribution in [3.8, 4) is 0 Å². The number of nitrogens with zero attached hydrogens (tertiary/aromatic N) is 2. The molecule has 0 aliphatic heterocycles. The summed E-state index contributed by atoms with van der Waals surface area (Å²) < 4.78 is 0. The fourth-order valence-electron chi connectivity index (χ4n) is 2.18. The van der Waals surface area contributed by atoms with Crippen LogP contribution in [0.4, 0.5) is 0 Å². The summed E-state index contributed by atoms with van der Waals surface area (Å²) in [6, 6.07) is 17.4. The summed E-state index contributed by atoms with van der Waals surface area (Å²) in [5, 5.41) is 11.8. The van der Waals surface area contributed by atoms with E-state index in [1.807, 2.05) is 66.7 Å². The van der Waals surface area contributed by atoms with Gasteiger partial charge < -0.3 is 9.90 Å². The van der Waals surface area contributed by atoms with Crippen LogP contribution in [0.15, 0.2) is 59.6 Å². The maximum absolute atomic E-state index is 11.0. The third-order valence-electron chi connectivity index (χ3n) is 3.43. The first kappa shape index (κ1) is 16.2. The zero-order valence-corrected chi connectivity index (χ0v) is 13.9. The van der Waals surface area contributed by atoms with Crippen LogP contribution in [0.1, 0.15) is 18.3 Å². The van der Waals surface area contributed by atoms with Crippen LogP contribution in [0.5, 0.6) is 0 Å². The minimum Gasteiger partial charge on any atom is -0.549 e. The summed E-state index contributed by atoms with van der Waals surface area (Å²) in [5.41, 5.74) is 1.83. The molecule has 1 atom stereocenters. The maximum Gasteiger partial charge on any atom is 0.153 e. The Bertz CT molecular complexity index is 894. The van der Waals surface area contributed by atoms with E-state index in [2.05, 4.69) is 9.97 Å². The average Bonchev–Trinajstić information content (AvgIpc) is 2.60. The Balaban J connectivity index is 2.00. The summed E-state index contributed by atoms with van der Waals surface area (Å²) in [5.74, 6) is -0.560. The van der Waals surface area contributed by atoms with Crippen molar-refractivity contribution in [2.24, 2.45) is 0 Å². The topological polar surface area (TPSA) is 65.9 Å². The van der Waals surface area contributed by atoms with Crippen molar-refractivity contribution in [1.82, 2.24) is 9.97 Å². The highest BCUT2D eigenvalue weighted by molar-refractivity contribution is 8.00. The second-order valence-corrected chi connectivity index (χ2v) is 6.56. The van der Waals surface area contributed by atoms with Gasteiger partial charge in [0, 0.05) is 10.6 Å². The van der Waals surface area contributed by atoms with E-state index in [9.17, 15) is 9.90 Å². The molecule has 0 unspecified atom stereocenters. The molecule has 120 valence electrons. The molecule has 3 rings (SSSR count). The van der Waals surface area contributed by atoms with Gasteiger partial charge in [-0.15, -0.1) is 0 Å². The van der Waals surface area contributed by atoms with Gasteiger partial charge in [0.1, 0.15) is 5.03 Å². The molecule has 4 nitrogen and oxygen atoms in total. The number of aliphatic carboxylic acids is 1. The Hall–Kier alpha value is -2.66. The van der Waals surface area contributed by atoms with Gasteiger partial charge in [0.2, 0.25) is 0 Å². The quantitative estimate of drug-likeness (QED) is 0.530. The van der Waals surface area contributed by atoms with Crippen LogP contribution in [0.25, 0.3) is 23.1 Å². The Morgan fingerprint density at radius 3 is 2.50 bits per heavy atom. The molecule has 5 heteroatoms. The number of hydrogen-bond donors (Lipinski definition) is 0. The van der Waals surface area contributed by atoms with Gasteiger partial charge in [-0.25, -0.2) is 9.97 Å². The number of benzene rings is 2. The first-order valence-corrected chi connectivity index (χ1v) is 8.39. The van der Waals surface area contributed by atoms with E-state index < -0.39 is 11.2 Å². The van der Waals surface area contributed by atoms with Crippen LogP contribution in [-0.4, -0.2) is 21.2 Å². The zero-order valence-electron chi connectivity index (χ0n) is 13.0. The van der Waals surface area contributed by atoms with Crippen LogP contribution < -0.4 is 5.11 Å². The summed E-state index contributed by atoms with van der Waals surface area (Å²) in [6.45, 7) is 1.59. The van der Waals surface area contributed by atoms with Gasteiger partial charge in [-0.2, -0.15) is 0 Å². The number of aromatic nitrogens is 2. The lowest BCUT2D eigenvalue weighted by Gasteiger charge is -2.13. The minimum absolute atomic E-state index is 0.547. The van der Waals surface area contributed by atoms with E-state index >= 15 is 0 Å². The van der Waals surface area contributed by atoms with E-state index in [1.54, 1.807) is 6.92 Å². The van der Waals surface area contributed by atoms with Crippen LogP contribution in [-0.2, 0) is 4.79 Å². The number of thioether (sulfide) groups is 1. The maximum atomic E-state index is 11.0. The van der Waals surface area contributed by atoms with Crippen molar-refractivity contribution in [3.05, 3.63) is 66.0 Å². The number of rotatable bonds is 5. The third-order valence-corrected chi connectivity index (χ3v) is 4.51. The Morgan fingerprint density at radius 2 is 1.75 bits per heavy atom. The highest BCUT2D eigenvalue weighted by atomic mass is 32.2. The predicted molar refractivity (Wildman–Crippen MR) is 95.2 cm³/mol. The van der Waals surface area contributed by atoms with Crippen LogP contribution in [0, 0.1) is 0 Å². The van der Waals surface area contributed by atoms with E-state index in [0.717, 1.165) is 16.5 Å². The zero-order chi connectivity index (χ0) is 16.9. The summed E-state index contributed by atoms with van der Waals surface area (Å²) >= 11 is 1.17. The minimum atomic E-state index is -1.11. The smallest absolute Gasteiger partial charge is 0.153 e. The van der Waals surface area contributed by atoms with E-state index in [4.69, 9.17) is 0 Å². The van der Waals surface area contributed by atoms with Crippen LogP contribution in [0.2, 0.25) is 0 Å². The number of carbonyl (C=O) groups is 1. The van der Waals surface area contributed by atoms with Crippen molar-refractivity contribution in [1.29, 1.82) is 0 Å². The second-order valence-electron chi connectivity index (χ2n) is 5.23. The van der Waals surface area contributed by atoms with Crippen LogP contribution >= 0.6 is 11.8 Å². The number of fused-ring (bicyclic) bond motifs is 1. The van der Waals surface area contributed by atoms with Gasteiger partial charge in [-0.3, -0.25) is 0 Å². The molecule has 2 aromatic carbocycles. The van der Waals surface area contributed by atoms with Crippen molar-refractivity contribution in [3.63, 3.8) is 0 Å². The number of carboxylic acids is 1. The molecule has 0 saturated carbocycles. The molecule has 1 heterocycles. The van der Waals surface area contributed by atoms with Gasteiger partial charge in [0.05, 0.1) is 11.5 Å². The first-order chi connectivity index (χ1) is 11.6. The molecular weight excluding hydrogens is 320 g/mol. The van der Waals surface area contributed by atoms with Crippen molar-refractivity contribution in [2.75, 3.05) is 0 Å². The fraction of sp³-hybridized carbons (Fsp3) is 0.105. The molecule has 0 aliphatic rings. The molecule has 0 N–H and O–H groups in total. The van der Waals surface area contributed by atoms with E-state index in [-0.39, 0.29) is 0 Å². The van der Waals surface area contributed by atoms with Gasteiger partial charge in [-0.05, 0) is 24.6 Å². The van der Waals surface area contributed by atoms with Gasteiger partial charge >= 0.3 is 0 Å². The van der Waals surface area contributed by atoms with E-state index in [0.29, 0.717) is 10.9 Å². The average molecular weight is 335 g/mol. The molecule has 1 aromatic heterocycles. The van der Waals surface area contributed by atoms with Gasteiger partial charge in [0.15, 0.2) is 5.82 Å². The molecule has 3 aromatic rings. The molecule has 24 heavy (non-hydrogen) atoms. The first-order valence-electron chi connectivity index (χ1n) is 7.51. The lowest BCUT2D eigenvalue weighted by molar-refractivity contribution is -0.304. The summed E-state index contributed by atoms with van der Waals surface area (Å²) in [6.07, 6.45) is 3.76. The number of hydrogen-bond acceptors (Lipinski definition) is 5. The predicted octanol–water partition coefficient (Wildman–Crippen LogP) is 3.03. The lowest BCUT2D eigenvalue weighted by Crippen LogP contribution is -2.31. The highest BCUT2D eigenvalue weighted by Crippen LogP contribution is 2.28. The number of carboxylic acid groups (broad SMARTS) is 1. The number of carbonyl (C=O) groups excluding carboxylic acids is 1. The Morgan fingerprint density at radius 1 is 1.04 bits per heavy atom. The summed E-state index contributed by atoms with van der Waals surface area (Å²) in [4.78, 5) is 20.1. The monoisotopic (exact) mass is 335 g/mol. The molecule has 0 amide bonds. The molecule has 0 bridgehead atoms. The molecule has 0 saturated heterocycles. The molecule has 0 fully saturated rings. The molecular formula is C19H15N2O2S-. The highest BCUT2D eigenvalue weighted by Gasteiger charge is 2.11. The Kier molecular flexibility index (Phi) is 4.91. The van der Waals surface area contributed by atoms with Gasteiger partial charge in [0.25, 0.3) is 0 Å². The van der Waals surface area contributed by atoms with E-state index in [1.165, 1.54) is 11.8 Å². The summed E-state index contributed by atoms with van der Waals surface area (Å²) in [7, 11) is 0. The normalized spacial score (nSPS) is 12.5. The molecule has 0 radical (unpaired) electrons. The van der Waals surface area contributed by atoms with Crippen molar-refractivity contribution < 1.29 is 9.90 Å². The molecule has 0 spiro atoms. The van der Waals surface area contributed by atoms with Gasteiger partial charge in [-0.1, -0.05) is 66.4 Å². The third kappa shape index (κ3) is 3.81. The Labute approximate surface area is 144 Å². The lowest BCUT2D eigenvalue weighted by atomic mass is 10.2. The second kappa shape index (κ2) is 7.27. The van der Waals surface area contributed by atoms with Crippen molar-refractivity contribution in [2.45, 2.75) is 17.2 Å². The van der Waals surface area contributed by atoms with Crippen LogP contribution in [0.3, 0.4) is 0 Å². The number of para-hydroxylation sites is 1. The standard InChI is InChI=1S/C19H16N2O2S/c1-13(19(22)23)24-18-15-9-5-6-10-16(15)20-17(21-18)12-11-14-7-3-2-4-8-14/h2-13H,1H3,(H,22,23)/p-1/b12-11+/t13-/m1/s1. The fourth-order valence-corrected chi connectivity index (χ4v) is 3.06. The molecule has 0 aliphatic carbocycles.